The maximum atomic E-state index is 2.76. The van der Waals surface area contributed by atoms with Crippen molar-refractivity contribution in [3.8, 4) is 0 Å². The summed E-state index contributed by atoms with van der Waals surface area (Å²) in [6.45, 7) is 0. The lowest BCUT2D eigenvalue weighted by molar-refractivity contribution is 1.16. The van der Waals surface area contributed by atoms with Crippen LogP contribution in [0.2, 0.25) is 0 Å². The molecule has 15 heavy (non-hydrogen) atoms. The molecular formula is C13H13PS. The number of hydrogen-bond donors (Lipinski definition) is 0. The first-order valence-corrected chi connectivity index (χ1v) is 7.23. The van der Waals surface area contributed by atoms with E-state index < -0.39 is 0 Å². The van der Waals surface area contributed by atoms with Gasteiger partial charge >= 0.3 is 0 Å². The summed E-state index contributed by atoms with van der Waals surface area (Å²) in [5, 5.41) is 0.414. The van der Waals surface area contributed by atoms with E-state index in [4.69, 9.17) is 0 Å². The van der Waals surface area contributed by atoms with Gasteiger partial charge in [-0.05, 0) is 11.1 Å². The van der Waals surface area contributed by atoms with Crippen molar-refractivity contribution in [3.05, 3.63) is 71.8 Å². The average Bonchev–Trinajstić information content (AvgIpc) is 2.33. The molecule has 0 amide bonds. The molecule has 2 aromatic carbocycles. The fourth-order valence-corrected chi connectivity index (χ4v) is 3.18. The summed E-state index contributed by atoms with van der Waals surface area (Å²) in [6.07, 6.45) is 0. The van der Waals surface area contributed by atoms with Gasteiger partial charge in [-0.15, -0.1) is 11.4 Å². The molecule has 0 N–H and O–H groups in total. The van der Waals surface area contributed by atoms with Crippen molar-refractivity contribution in [2.24, 2.45) is 0 Å². The van der Waals surface area contributed by atoms with E-state index in [2.05, 4.69) is 69.1 Å². The first-order valence-electron chi connectivity index (χ1n) is 4.87. The van der Waals surface area contributed by atoms with Crippen molar-refractivity contribution in [1.29, 1.82) is 0 Å². The zero-order valence-electron chi connectivity index (χ0n) is 8.34. The predicted molar refractivity (Wildman–Crippen MR) is 72.0 cm³/mol. The van der Waals surface area contributed by atoms with Gasteiger partial charge < -0.3 is 0 Å². The first kappa shape index (κ1) is 10.7. The Morgan fingerprint density at radius 2 is 1.13 bits per heavy atom. The molecule has 76 valence electrons. The van der Waals surface area contributed by atoms with Gasteiger partial charge in [-0.1, -0.05) is 69.1 Å². The van der Waals surface area contributed by atoms with E-state index in [-0.39, 0.29) is 0 Å². The summed E-state index contributed by atoms with van der Waals surface area (Å²) in [5.74, 6) is 0. The monoisotopic (exact) mass is 232 g/mol. The van der Waals surface area contributed by atoms with Crippen LogP contribution >= 0.6 is 19.8 Å². The van der Waals surface area contributed by atoms with Crippen LogP contribution in [0.3, 0.4) is 0 Å². The van der Waals surface area contributed by atoms with Gasteiger partial charge in [0, 0.05) is 0 Å². The minimum atomic E-state index is 0.414. The van der Waals surface area contributed by atoms with Crippen LogP contribution in [0.25, 0.3) is 0 Å². The molecule has 1 unspecified atom stereocenters. The Hall–Kier alpha value is -0.780. The zero-order valence-corrected chi connectivity index (χ0v) is 10.3. The smallest absolute Gasteiger partial charge is 0.0582 e. The lowest BCUT2D eigenvalue weighted by Crippen LogP contribution is -1.93. The molecule has 0 spiro atoms. The van der Waals surface area contributed by atoms with E-state index in [0.717, 1.165) is 0 Å². The molecule has 0 fully saturated rings. The minimum Gasteiger partial charge on any atom is -0.128 e. The van der Waals surface area contributed by atoms with Gasteiger partial charge in [0.2, 0.25) is 0 Å². The SMILES string of the molecule is PSC(c1ccccc1)c1ccccc1. The first-order chi connectivity index (χ1) is 7.42. The van der Waals surface area contributed by atoms with Crippen LogP contribution in [0, 0.1) is 0 Å². The number of rotatable bonds is 3. The van der Waals surface area contributed by atoms with Crippen LogP contribution in [0.5, 0.6) is 0 Å². The number of benzene rings is 2. The fourth-order valence-electron chi connectivity index (χ4n) is 1.61. The molecule has 2 rings (SSSR count). The van der Waals surface area contributed by atoms with Gasteiger partial charge in [-0.25, -0.2) is 0 Å². The van der Waals surface area contributed by atoms with Crippen molar-refractivity contribution >= 4 is 19.8 Å². The molecule has 0 nitrogen and oxygen atoms in total. The van der Waals surface area contributed by atoms with Crippen LogP contribution in [0.4, 0.5) is 0 Å². The van der Waals surface area contributed by atoms with E-state index in [0.29, 0.717) is 5.25 Å². The largest absolute Gasteiger partial charge is 0.128 e. The lowest BCUT2D eigenvalue weighted by Gasteiger charge is -2.14. The highest BCUT2D eigenvalue weighted by Crippen LogP contribution is 2.39. The zero-order chi connectivity index (χ0) is 10.5. The second-order valence-corrected chi connectivity index (χ2v) is 4.90. The summed E-state index contributed by atoms with van der Waals surface area (Å²) >= 11 is 1.79. The Bertz CT molecular complexity index is 360. The highest BCUT2D eigenvalue weighted by molar-refractivity contribution is 8.44. The molecule has 0 aliphatic heterocycles. The van der Waals surface area contributed by atoms with Crippen LogP contribution < -0.4 is 0 Å². The molecule has 0 saturated carbocycles. The van der Waals surface area contributed by atoms with Crippen LogP contribution in [-0.2, 0) is 0 Å². The Balaban J connectivity index is 2.34. The molecule has 0 bridgehead atoms. The maximum Gasteiger partial charge on any atom is 0.0582 e. The molecule has 0 saturated heterocycles. The van der Waals surface area contributed by atoms with Crippen LogP contribution in [0.15, 0.2) is 60.7 Å². The van der Waals surface area contributed by atoms with Crippen molar-refractivity contribution in [3.63, 3.8) is 0 Å². The Morgan fingerprint density at radius 3 is 1.47 bits per heavy atom. The second kappa shape index (κ2) is 5.34. The van der Waals surface area contributed by atoms with Crippen molar-refractivity contribution < 1.29 is 0 Å². The third-order valence-corrected chi connectivity index (χ3v) is 3.97. The molecule has 1 atom stereocenters. The normalized spacial score (nSPS) is 10.5. The van der Waals surface area contributed by atoms with Gasteiger partial charge in [-0.3, -0.25) is 0 Å². The molecule has 2 heteroatoms. The van der Waals surface area contributed by atoms with E-state index in [9.17, 15) is 0 Å². The van der Waals surface area contributed by atoms with Gasteiger partial charge in [-0.2, -0.15) is 0 Å². The maximum absolute atomic E-state index is 2.76. The van der Waals surface area contributed by atoms with E-state index in [1.807, 2.05) is 0 Å². The Labute approximate surface area is 97.1 Å². The molecule has 0 aromatic heterocycles. The topological polar surface area (TPSA) is 0 Å². The van der Waals surface area contributed by atoms with Gasteiger partial charge in [0.15, 0.2) is 0 Å². The molecular weight excluding hydrogens is 219 g/mol. The van der Waals surface area contributed by atoms with Gasteiger partial charge in [0.25, 0.3) is 0 Å². The summed E-state index contributed by atoms with van der Waals surface area (Å²) in [4.78, 5) is 0. The quantitative estimate of drug-likeness (QED) is 0.711. The average molecular weight is 232 g/mol. The summed E-state index contributed by atoms with van der Waals surface area (Å²) in [5.41, 5.74) is 2.70. The van der Waals surface area contributed by atoms with Gasteiger partial charge in [0.05, 0.1) is 5.25 Å². The highest BCUT2D eigenvalue weighted by atomic mass is 32.7. The molecule has 0 radical (unpaired) electrons. The Morgan fingerprint density at radius 1 is 0.733 bits per heavy atom. The molecule has 0 aliphatic rings. The van der Waals surface area contributed by atoms with Crippen LogP contribution in [-0.4, -0.2) is 0 Å². The van der Waals surface area contributed by atoms with Crippen LogP contribution in [0.1, 0.15) is 16.4 Å². The second-order valence-electron chi connectivity index (χ2n) is 3.34. The van der Waals surface area contributed by atoms with E-state index in [1.165, 1.54) is 11.1 Å². The van der Waals surface area contributed by atoms with Gasteiger partial charge in [0.1, 0.15) is 0 Å². The summed E-state index contributed by atoms with van der Waals surface area (Å²) < 4.78 is 0. The van der Waals surface area contributed by atoms with E-state index in [1.54, 1.807) is 11.4 Å². The van der Waals surface area contributed by atoms with E-state index >= 15 is 0 Å². The summed E-state index contributed by atoms with van der Waals surface area (Å²) in [6, 6.07) is 21.2. The fraction of sp³-hybridized carbons (Fsp3) is 0.0769. The molecule has 0 heterocycles. The molecule has 0 aliphatic carbocycles. The predicted octanol–water partition coefficient (Wildman–Crippen LogP) is 4.30. The summed E-state index contributed by atoms with van der Waals surface area (Å²) in [7, 11) is 2.76. The lowest BCUT2D eigenvalue weighted by atomic mass is 10.0. The third-order valence-electron chi connectivity index (χ3n) is 2.34. The van der Waals surface area contributed by atoms with Crippen molar-refractivity contribution in [2.45, 2.75) is 5.25 Å². The molecule has 2 aromatic rings. The Kier molecular flexibility index (Phi) is 3.82. The number of hydrogen-bond acceptors (Lipinski definition) is 1. The van der Waals surface area contributed by atoms with Crippen molar-refractivity contribution in [1.82, 2.24) is 0 Å². The van der Waals surface area contributed by atoms with Crippen molar-refractivity contribution in [2.75, 3.05) is 0 Å². The third kappa shape index (κ3) is 2.62. The highest BCUT2D eigenvalue weighted by Gasteiger charge is 2.11. The standard InChI is InChI=1S/C13H13PS/c14-15-13(11-7-3-1-4-8-11)12-9-5-2-6-10-12/h1-10,13H,14H2. The minimum absolute atomic E-state index is 0.414.